The van der Waals surface area contributed by atoms with Crippen LogP contribution in [0.15, 0.2) is 41.5 Å². The van der Waals surface area contributed by atoms with E-state index in [1.165, 1.54) is 11.3 Å². The Morgan fingerprint density at radius 2 is 2.07 bits per heavy atom. The van der Waals surface area contributed by atoms with Crippen LogP contribution in [0.3, 0.4) is 0 Å². The Bertz CT molecular complexity index is 1270. The molecule has 0 saturated carbocycles. The van der Waals surface area contributed by atoms with Gasteiger partial charge in [-0.05, 0) is 25.5 Å². The second-order valence-electron chi connectivity index (χ2n) is 6.89. The normalized spacial score (nSPS) is 11.1. The van der Waals surface area contributed by atoms with Gasteiger partial charge in [-0.3, -0.25) is 9.59 Å². The number of aryl methyl sites for hydroxylation is 3. The van der Waals surface area contributed by atoms with E-state index in [4.69, 9.17) is 0 Å². The van der Waals surface area contributed by atoms with Gasteiger partial charge in [0, 0.05) is 42.8 Å². The summed E-state index contributed by atoms with van der Waals surface area (Å²) in [4.78, 5) is 38.7. The summed E-state index contributed by atoms with van der Waals surface area (Å²) in [6.45, 7) is 4.29. The first-order chi connectivity index (χ1) is 14.0. The average molecular weight is 407 g/mol. The van der Waals surface area contributed by atoms with E-state index >= 15 is 0 Å². The van der Waals surface area contributed by atoms with Crippen LogP contribution in [0.4, 0.5) is 0 Å². The number of hydrogen-bond acceptors (Lipinski definition) is 5. The standard InChI is InChI=1S/C21H21N5O2S/c1-12-13(2)29-21-17(12)20(28)24-16(25-21)8-9-23-19(27)15-7-5-4-6-14(15)18-22-10-11-26(18)3/h4-7,10-11H,8-9H2,1-3H3,(H,23,27)(H,24,25,28). The number of nitrogens with zero attached hydrogens (tertiary/aromatic N) is 3. The van der Waals surface area contributed by atoms with Gasteiger partial charge in [-0.1, -0.05) is 18.2 Å². The highest BCUT2D eigenvalue weighted by atomic mass is 32.1. The van der Waals surface area contributed by atoms with Crippen molar-refractivity contribution >= 4 is 27.5 Å². The van der Waals surface area contributed by atoms with Crippen molar-refractivity contribution in [1.29, 1.82) is 0 Å². The van der Waals surface area contributed by atoms with Crippen LogP contribution < -0.4 is 10.9 Å². The number of hydrogen-bond donors (Lipinski definition) is 2. The molecule has 2 N–H and O–H groups in total. The summed E-state index contributed by atoms with van der Waals surface area (Å²) in [5, 5.41) is 3.58. The Kier molecular flexibility index (Phi) is 5.02. The van der Waals surface area contributed by atoms with E-state index in [2.05, 4.69) is 20.3 Å². The quantitative estimate of drug-likeness (QED) is 0.532. The zero-order valence-corrected chi connectivity index (χ0v) is 17.3. The number of aromatic amines is 1. The molecular weight excluding hydrogens is 386 g/mol. The molecule has 0 saturated heterocycles. The summed E-state index contributed by atoms with van der Waals surface area (Å²) in [5.74, 6) is 1.12. The predicted octanol–water partition coefficient (Wildman–Crippen LogP) is 2.97. The molecule has 0 unspecified atom stereocenters. The van der Waals surface area contributed by atoms with Crippen LogP contribution in [0.1, 0.15) is 26.6 Å². The SMILES string of the molecule is Cc1sc2nc(CCNC(=O)c3ccccc3-c3nccn3C)[nH]c(=O)c2c1C. The average Bonchev–Trinajstić information content (AvgIpc) is 3.24. The van der Waals surface area contributed by atoms with Crippen LogP contribution >= 0.6 is 11.3 Å². The number of nitrogens with one attached hydrogen (secondary N) is 2. The van der Waals surface area contributed by atoms with Gasteiger partial charge in [0.05, 0.1) is 10.9 Å². The number of aromatic nitrogens is 4. The lowest BCUT2D eigenvalue weighted by Gasteiger charge is -2.10. The molecule has 8 heteroatoms. The minimum absolute atomic E-state index is 0.127. The topological polar surface area (TPSA) is 92.7 Å². The van der Waals surface area contributed by atoms with Crippen molar-refractivity contribution < 1.29 is 4.79 Å². The van der Waals surface area contributed by atoms with E-state index in [-0.39, 0.29) is 11.5 Å². The minimum atomic E-state index is -0.185. The Hall–Kier alpha value is -3.26. The molecular formula is C21H21N5O2S. The van der Waals surface area contributed by atoms with Gasteiger partial charge in [-0.15, -0.1) is 11.3 Å². The second-order valence-corrected chi connectivity index (χ2v) is 8.09. The zero-order valence-electron chi connectivity index (χ0n) is 16.4. The highest BCUT2D eigenvalue weighted by Gasteiger charge is 2.15. The Labute approximate surface area is 171 Å². The van der Waals surface area contributed by atoms with Gasteiger partial charge in [0.25, 0.3) is 11.5 Å². The molecule has 0 fully saturated rings. The first-order valence-electron chi connectivity index (χ1n) is 9.29. The summed E-state index contributed by atoms with van der Waals surface area (Å²) in [6.07, 6.45) is 3.99. The third-order valence-electron chi connectivity index (χ3n) is 4.97. The molecule has 1 aromatic carbocycles. The predicted molar refractivity (Wildman–Crippen MR) is 114 cm³/mol. The molecule has 0 aliphatic heterocycles. The molecule has 148 valence electrons. The molecule has 4 aromatic rings. The van der Waals surface area contributed by atoms with Crippen molar-refractivity contribution in [2.75, 3.05) is 6.54 Å². The van der Waals surface area contributed by atoms with E-state index < -0.39 is 0 Å². The van der Waals surface area contributed by atoms with E-state index in [0.717, 1.165) is 26.7 Å². The van der Waals surface area contributed by atoms with Gasteiger partial charge >= 0.3 is 0 Å². The van der Waals surface area contributed by atoms with Crippen LogP contribution in [-0.2, 0) is 13.5 Å². The number of benzene rings is 1. The number of amides is 1. The lowest BCUT2D eigenvalue weighted by Crippen LogP contribution is -2.27. The van der Waals surface area contributed by atoms with Gasteiger partial charge in [-0.2, -0.15) is 0 Å². The molecule has 3 aromatic heterocycles. The molecule has 29 heavy (non-hydrogen) atoms. The fraction of sp³-hybridized carbons (Fsp3) is 0.238. The van der Waals surface area contributed by atoms with Crippen LogP contribution in [-0.4, -0.2) is 32.0 Å². The van der Waals surface area contributed by atoms with Crippen molar-refractivity contribution in [1.82, 2.24) is 24.8 Å². The molecule has 3 heterocycles. The fourth-order valence-electron chi connectivity index (χ4n) is 3.31. The molecule has 4 rings (SSSR count). The summed E-state index contributed by atoms with van der Waals surface area (Å²) < 4.78 is 1.88. The Balaban J connectivity index is 1.50. The van der Waals surface area contributed by atoms with Gasteiger partial charge in [0.1, 0.15) is 16.5 Å². The Morgan fingerprint density at radius 1 is 1.28 bits per heavy atom. The lowest BCUT2D eigenvalue weighted by atomic mass is 10.1. The first kappa shape index (κ1) is 19.1. The van der Waals surface area contributed by atoms with Crippen LogP contribution in [0.25, 0.3) is 21.6 Å². The molecule has 0 aliphatic rings. The maximum atomic E-state index is 12.8. The van der Waals surface area contributed by atoms with E-state index in [0.29, 0.717) is 29.7 Å². The van der Waals surface area contributed by atoms with Gasteiger partial charge in [0.15, 0.2) is 0 Å². The lowest BCUT2D eigenvalue weighted by molar-refractivity contribution is 0.0954. The van der Waals surface area contributed by atoms with Crippen molar-refractivity contribution in [3.05, 3.63) is 68.8 Å². The summed E-state index contributed by atoms with van der Waals surface area (Å²) in [5.41, 5.74) is 2.18. The highest BCUT2D eigenvalue weighted by molar-refractivity contribution is 7.18. The molecule has 0 bridgehead atoms. The molecule has 1 amide bonds. The van der Waals surface area contributed by atoms with Crippen molar-refractivity contribution in [3.8, 4) is 11.4 Å². The first-order valence-corrected chi connectivity index (χ1v) is 10.1. The van der Waals surface area contributed by atoms with E-state index in [1.54, 1.807) is 12.3 Å². The molecule has 0 spiro atoms. The maximum Gasteiger partial charge on any atom is 0.259 e. The summed E-state index contributed by atoms with van der Waals surface area (Å²) in [6, 6.07) is 7.37. The van der Waals surface area contributed by atoms with Crippen molar-refractivity contribution in [3.63, 3.8) is 0 Å². The smallest absolute Gasteiger partial charge is 0.259 e. The van der Waals surface area contributed by atoms with E-state index in [1.807, 2.05) is 49.9 Å². The summed E-state index contributed by atoms with van der Waals surface area (Å²) in [7, 11) is 1.89. The third kappa shape index (κ3) is 3.58. The number of imidazole rings is 1. The monoisotopic (exact) mass is 407 g/mol. The number of fused-ring (bicyclic) bond motifs is 1. The molecule has 0 radical (unpaired) electrons. The number of carbonyl (C=O) groups excluding carboxylic acids is 1. The number of H-pyrrole nitrogens is 1. The number of carbonyl (C=O) groups is 1. The molecule has 7 nitrogen and oxygen atoms in total. The van der Waals surface area contributed by atoms with Crippen molar-refractivity contribution in [2.45, 2.75) is 20.3 Å². The Morgan fingerprint density at radius 3 is 2.83 bits per heavy atom. The fourth-order valence-corrected chi connectivity index (χ4v) is 4.36. The summed E-state index contributed by atoms with van der Waals surface area (Å²) >= 11 is 1.52. The van der Waals surface area contributed by atoms with E-state index in [9.17, 15) is 9.59 Å². The van der Waals surface area contributed by atoms with Crippen LogP contribution in [0.5, 0.6) is 0 Å². The van der Waals surface area contributed by atoms with Crippen LogP contribution in [0, 0.1) is 13.8 Å². The van der Waals surface area contributed by atoms with Gasteiger partial charge < -0.3 is 14.9 Å². The van der Waals surface area contributed by atoms with Gasteiger partial charge in [0.2, 0.25) is 0 Å². The molecule has 0 atom stereocenters. The number of thiophene rings is 1. The van der Waals surface area contributed by atoms with Crippen LogP contribution in [0.2, 0.25) is 0 Å². The highest BCUT2D eigenvalue weighted by Crippen LogP contribution is 2.25. The van der Waals surface area contributed by atoms with Gasteiger partial charge in [-0.25, -0.2) is 9.97 Å². The van der Waals surface area contributed by atoms with Crippen molar-refractivity contribution in [2.24, 2.45) is 7.05 Å². The second kappa shape index (κ2) is 7.63. The third-order valence-corrected chi connectivity index (χ3v) is 6.07. The number of rotatable bonds is 5. The zero-order chi connectivity index (χ0) is 20.5. The molecule has 0 aliphatic carbocycles. The minimum Gasteiger partial charge on any atom is -0.352 e. The maximum absolute atomic E-state index is 12.8. The largest absolute Gasteiger partial charge is 0.352 e.